The average molecular weight is 233 g/mol. The Kier molecular flexibility index (Phi) is 2.46. The summed E-state index contributed by atoms with van der Waals surface area (Å²) in [5.41, 5.74) is 0.740. The lowest BCUT2D eigenvalue weighted by Gasteiger charge is -2.17. The summed E-state index contributed by atoms with van der Waals surface area (Å²) in [5.74, 6) is 0.808. The van der Waals surface area contributed by atoms with Gasteiger partial charge in [0.2, 0.25) is 0 Å². The summed E-state index contributed by atoms with van der Waals surface area (Å²) < 4.78 is 0. The third kappa shape index (κ3) is 1.75. The molecule has 17 heavy (non-hydrogen) atoms. The van der Waals surface area contributed by atoms with Gasteiger partial charge in [0.25, 0.3) is 11.5 Å². The third-order valence-electron chi connectivity index (χ3n) is 3.65. The third-order valence-corrected chi connectivity index (χ3v) is 3.65. The Bertz CT molecular complexity index is 515. The molecule has 1 aromatic heterocycles. The van der Waals surface area contributed by atoms with Gasteiger partial charge in [-0.3, -0.25) is 9.59 Å². The molecule has 2 aliphatic rings. The average Bonchev–Trinajstić information content (AvgIpc) is 2.84. The van der Waals surface area contributed by atoms with Crippen molar-refractivity contribution in [2.45, 2.75) is 38.0 Å². The zero-order valence-electron chi connectivity index (χ0n) is 9.58. The number of fused-ring (bicyclic) bond motifs is 1. The number of H-pyrrole nitrogens is 1. The van der Waals surface area contributed by atoms with Crippen LogP contribution in [0.1, 0.15) is 53.5 Å². The zero-order valence-corrected chi connectivity index (χ0v) is 9.58. The maximum Gasteiger partial charge on any atom is 0.270 e. The van der Waals surface area contributed by atoms with Gasteiger partial charge in [-0.25, -0.2) is 4.98 Å². The Hall–Kier alpha value is -1.65. The normalized spacial score (nSPS) is 20.1. The molecule has 0 atom stereocenters. The highest BCUT2D eigenvalue weighted by Gasteiger charge is 2.25. The van der Waals surface area contributed by atoms with Crippen molar-refractivity contribution < 1.29 is 4.79 Å². The van der Waals surface area contributed by atoms with Crippen molar-refractivity contribution in [1.29, 1.82) is 0 Å². The molecule has 1 aliphatic heterocycles. The number of hydrogen-bond donors (Lipinski definition) is 2. The van der Waals surface area contributed by atoms with Crippen LogP contribution in [0.5, 0.6) is 0 Å². The molecule has 90 valence electrons. The highest BCUT2D eigenvalue weighted by Crippen LogP contribution is 2.31. The van der Waals surface area contributed by atoms with Crippen LogP contribution in [0.2, 0.25) is 0 Å². The van der Waals surface area contributed by atoms with Crippen LogP contribution in [0.15, 0.2) is 4.79 Å². The minimum atomic E-state index is -0.211. The molecular formula is C12H15N3O2. The molecule has 0 aromatic carbocycles. The van der Waals surface area contributed by atoms with Crippen molar-refractivity contribution in [3.63, 3.8) is 0 Å². The first-order valence-electron chi connectivity index (χ1n) is 6.17. The van der Waals surface area contributed by atoms with Gasteiger partial charge in [0.15, 0.2) is 0 Å². The highest BCUT2D eigenvalue weighted by molar-refractivity contribution is 5.94. The quantitative estimate of drug-likeness (QED) is 0.750. The van der Waals surface area contributed by atoms with Crippen LogP contribution in [-0.4, -0.2) is 22.4 Å². The van der Waals surface area contributed by atoms with E-state index in [0.717, 1.165) is 12.8 Å². The smallest absolute Gasteiger partial charge is 0.270 e. The van der Waals surface area contributed by atoms with Crippen LogP contribution < -0.4 is 10.9 Å². The molecule has 1 amide bonds. The molecule has 0 unspecified atom stereocenters. The zero-order chi connectivity index (χ0) is 11.8. The summed E-state index contributed by atoms with van der Waals surface area (Å²) in [6.07, 6.45) is 5.05. The molecule has 3 rings (SSSR count). The summed E-state index contributed by atoms with van der Waals surface area (Å²) in [6.45, 7) is 0.527. The van der Waals surface area contributed by atoms with Gasteiger partial charge in [-0.2, -0.15) is 0 Å². The molecule has 5 heteroatoms. The molecule has 0 radical (unpaired) electrons. The Morgan fingerprint density at radius 2 is 1.94 bits per heavy atom. The fraction of sp³-hybridized carbons (Fsp3) is 0.583. The van der Waals surface area contributed by atoms with Crippen LogP contribution in [0.4, 0.5) is 0 Å². The van der Waals surface area contributed by atoms with E-state index in [4.69, 9.17) is 0 Å². The van der Waals surface area contributed by atoms with Crippen LogP contribution >= 0.6 is 0 Å². The SMILES string of the molecule is O=C1NCCc2c1nc(C1CCCC1)[nH]c2=O. The molecule has 2 N–H and O–H groups in total. The summed E-state index contributed by atoms with van der Waals surface area (Å²) in [6, 6.07) is 0. The summed E-state index contributed by atoms with van der Waals surface area (Å²) in [5, 5.41) is 2.73. The van der Waals surface area contributed by atoms with Crippen LogP contribution in [-0.2, 0) is 6.42 Å². The van der Waals surface area contributed by atoms with E-state index in [1.807, 2.05) is 0 Å². The van der Waals surface area contributed by atoms with Gasteiger partial charge in [-0.1, -0.05) is 12.8 Å². The molecule has 0 saturated heterocycles. The number of aromatic amines is 1. The van der Waals surface area contributed by atoms with Crippen LogP contribution in [0.25, 0.3) is 0 Å². The molecule has 1 aromatic rings. The Morgan fingerprint density at radius 1 is 1.18 bits per heavy atom. The number of aromatic nitrogens is 2. The maximum absolute atomic E-state index is 11.9. The predicted molar refractivity (Wildman–Crippen MR) is 62.1 cm³/mol. The van der Waals surface area contributed by atoms with Gasteiger partial charge < -0.3 is 10.3 Å². The minimum absolute atomic E-state index is 0.133. The summed E-state index contributed by atoms with van der Waals surface area (Å²) in [7, 11) is 0. The number of carbonyl (C=O) groups is 1. The van der Waals surface area contributed by atoms with E-state index in [-0.39, 0.29) is 11.5 Å². The van der Waals surface area contributed by atoms with Crippen molar-refractivity contribution >= 4 is 5.91 Å². The van der Waals surface area contributed by atoms with Crippen molar-refractivity contribution in [3.8, 4) is 0 Å². The molecule has 0 spiro atoms. The van der Waals surface area contributed by atoms with E-state index in [1.54, 1.807) is 0 Å². The topological polar surface area (TPSA) is 74.8 Å². The summed E-state index contributed by atoms with van der Waals surface area (Å²) >= 11 is 0. The second kappa shape index (κ2) is 3.98. The molecule has 1 saturated carbocycles. The van der Waals surface area contributed by atoms with Gasteiger partial charge in [-0.05, 0) is 19.3 Å². The lowest BCUT2D eigenvalue weighted by Crippen LogP contribution is -2.37. The number of hydrogen-bond acceptors (Lipinski definition) is 3. The predicted octanol–water partition coefficient (Wildman–Crippen LogP) is 0.713. The van der Waals surface area contributed by atoms with Crippen molar-refractivity contribution in [2.24, 2.45) is 0 Å². The summed E-state index contributed by atoms with van der Waals surface area (Å²) in [4.78, 5) is 30.8. The van der Waals surface area contributed by atoms with Gasteiger partial charge >= 0.3 is 0 Å². The molecule has 5 nitrogen and oxygen atoms in total. The van der Waals surface area contributed by atoms with Crippen LogP contribution in [0, 0.1) is 0 Å². The first kappa shape index (κ1) is 10.5. The van der Waals surface area contributed by atoms with Gasteiger partial charge in [-0.15, -0.1) is 0 Å². The van der Waals surface area contributed by atoms with E-state index in [2.05, 4.69) is 15.3 Å². The van der Waals surface area contributed by atoms with E-state index in [9.17, 15) is 9.59 Å². The van der Waals surface area contributed by atoms with Crippen molar-refractivity contribution in [2.75, 3.05) is 6.54 Å². The number of amides is 1. The Labute approximate surface area is 98.7 Å². The standard InChI is InChI=1S/C12H15N3O2/c16-11-8-5-6-13-12(17)9(8)14-10(15-11)7-3-1-2-4-7/h7H,1-6H2,(H,13,17)(H,14,15,16). The number of carbonyl (C=O) groups excluding carboxylic acids is 1. The largest absolute Gasteiger partial charge is 0.350 e. The lowest BCUT2D eigenvalue weighted by molar-refractivity contribution is 0.0939. The molecule has 2 heterocycles. The Balaban J connectivity index is 2.07. The fourth-order valence-corrected chi connectivity index (χ4v) is 2.71. The Morgan fingerprint density at radius 3 is 2.71 bits per heavy atom. The van der Waals surface area contributed by atoms with Crippen molar-refractivity contribution in [3.05, 3.63) is 27.4 Å². The van der Waals surface area contributed by atoms with Crippen LogP contribution in [0.3, 0.4) is 0 Å². The molecule has 0 bridgehead atoms. The monoisotopic (exact) mass is 233 g/mol. The van der Waals surface area contributed by atoms with E-state index in [0.29, 0.717) is 36.0 Å². The second-order valence-electron chi connectivity index (χ2n) is 4.77. The highest BCUT2D eigenvalue weighted by atomic mass is 16.2. The number of nitrogens with zero attached hydrogens (tertiary/aromatic N) is 1. The second-order valence-corrected chi connectivity index (χ2v) is 4.77. The van der Waals surface area contributed by atoms with Gasteiger partial charge in [0.05, 0.1) is 5.56 Å². The molecule has 1 fully saturated rings. The fourth-order valence-electron chi connectivity index (χ4n) is 2.71. The first-order valence-corrected chi connectivity index (χ1v) is 6.17. The number of rotatable bonds is 1. The molecular weight excluding hydrogens is 218 g/mol. The van der Waals surface area contributed by atoms with Gasteiger partial charge in [0.1, 0.15) is 11.5 Å². The van der Waals surface area contributed by atoms with E-state index >= 15 is 0 Å². The maximum atomic E-state index is 11.9. The van der Waals surface area contributed by atoms with Crippen molar-refractivity contribution in [1.82, 2.24) is 15.3 Å². The number of nitrogens with one attached hydrogen (secondary N) is 2. The molecule has 1 aliphatic carbocycles. The van der Waals surface area contributed by atoms with E-state index in [1.165, 1.54) is 12.8 Å². The first-order chi connectivity index (χ1) is 8.25. The van der Waals surface area contributed by atoms with E-state index < -0.39 is 0 Å². The van der Waals surface area contributed by atoms with Gasteiger partial charge in [0, 0.05) is 12.5 Å². The lowest BCUT2D eigenvalue weighted by atomic mass is 10.0. The minimum Gasteiger partial charge on any atom is -0.350 e.